The lowest BCUT2D eigenvalue weighted by atomic mass is 10.2. The van der Waals surface area contributed by atoms with Crippen LogP contribution in [0.2, 0.25) is 0 Å². The van der Waals surface area contributed by atoms with E-state index in [0.717, 1.165) is 3.79 Å². The normalized spacial score (nSPS) is 10.4. The van der Waals surface area contributed by atoms with Gasteiger partial charge in [0.25, 0.3) is 5.91 Å². The number of nitrogens with one attached hydrogen (secondary N) is 1. The number of carbonyl (C=O) groups is 1. The van der Waals surface area contributed by atoms with Gasteiger partial charge in [-0.1, -0.05) is 0 Å². The van der Waals surface area contributed by atoms with Crippen molar-refractivity contribution >= 4 is 39.0 Å². The van der Waals surface area contributed by atoms with E-state index in [1.54, 1.807) is 48.7 Å². The van der Waals surface area contributed by atoms with Crippen molar-refractivity contribution in [2.24, 2.45) is 0 Å². The van der Waals surface area contributed by atoms with Gasteiger partial charge in [-0.15, -0.1) is 11.3 Å². The second-order valence-corrected chi connectivity index (χ2v) is 7.11. The van der Waals surface area contributed by atoms with Crippen molar-refractivity contribution in [3.8, 4) is 0 Å². The van der Waals surface area contributed by atoms with Gasteiger partial charge in [0, 0.05) is 30.7 Å². The molecule has 0 bridgehead atoms. The van der Waals surface area contributed by atoms with Crippen LogP contribution in [0.4, 0.5) is 5.82 Å². The average Bonchev–Trinajstić information content (AvgIpc) is 2.75. The standard InChI is InChI=1S/C14H16BrN3OS/c1-9-6-11(20-13(9)15)8-17-12-7-10(4-5-16-12)14(19)18(2)3/h4-7H,8H2,1-3H3,(H,16,17). The van der Waals surface area contributed by atoms with E-state index in [1.165, 1.54) is 10.4 Å². The molecule has 2 aromatic heterocycles. The molecule has 1 amide bonds. The molecule has 0 fully saturated rings. The summed E-state index contributed by atoms with van der Waals surface area (Å²) in [5.41, 5.74) is 1.87. The Balaban J connectivity index is 2.06. The van der Waals surface area contributed by atoms with Gasteiger partial charge in [0.2, 0.25) is 0 Å². The van der Waals surface area contributed by atoms with Crippen molar-refractivity contribution in [3.63, 3.8) is 0 Å². The number of pyridine rings is 1. The molecule has 1 N–H and O–H groups in total. The van der Waals surface area contributed by atoms with Crippen LogP contribution < -0.4 is 5.32 Å². The average molecular weight is 354 g/mol. The first kappa shape index (κ1) is 15.0. The molecular formula is C14H16BrN3OS. The maximum atomic E-state index is 11.9. The number of nitrogens with zero attached hydrogens (tertiary/aromatic N) is 2. The molecule has 0 spiro atoms. The van der Waals surface area contributed by atoms with Crippen LogP contribution in [0.5, 0.6) is 0 Å². The number of hydrogen-bond donors (Lipinski definition) is 1. The molecular weight excluding hydrogens is 338 g/mol. The Bertz CT molecular complexity index is 605. The van der Waals surface area contributed by atoms with Crippen molar-refractivity contribution in [2.45, 2.75) is 13.5 Å². The van der Waals surface area contributed by atoms with E-state index in [9.17, 15) is 4.79 Å². The first-order valence-corrected chi connectivity index (χ1v) is 7.74. The second-order valence-electron chi connectivity index (χ2n) is 4.65. The highest BCUT2D eigenvalue weighted by Crippen LogP contribution is 2.27. The summed E-state index contributed by atoms with van der Waals surface area (Å²) in [5.74, 6) is 0.685. The van der Waals surface area contributed by atoms with Crippen molar-refractivity contribution < 1.29 is 4.79 Å². The quantitative estimate of drug-likeness (QED) is 0.914. The Morgan fingerprint density at radius 3 is 2.80 bits per heavy atom. The Morgan fingerprint density at radius 1 is 1.45 bits per heavy atom. The Morgan fingerprint density at radius 2 is 2.20 bits per heavy atom. The fourth-order valence-corrected chi connectivity index (χ4v) is 3.27. The maximum Gasteiger partial charge on any atom is 0.253 e. The van der Waals surface area contributed by atoms with Crippen LogP contribution in [0.25, 0.3) is 0 Å². The summed E-state index contributed by atoms with van der Waals surface area (Å²) in [6.45, 7) is 2.77. The molecule has 0 aliphatic carbocycles. The van der Waals surface area contributed by atoms with Gasteiger partial charge in [0.05, 0.1) is 10.3 Å². The van der Waals surface area contributed by atoms with Gasteiger partial charge in [-0.25, -0.2) is 4.98 Å². The summed E-state index contributed by atoms with van der Waals surface area (Å²) < 4.78 is 1.15. The number of thiophene rings is 1. The van der Waals surface area contributed by atoms with Crippen molar-refractivity contribution in [1.29, 1.82) is 0 Å². The van der Waals surface area contributed by atoms with Crippen LogP contribution in [-0.2, 0) is 6.54 Å². The summed E-state index contributed by atoms with van der Waals surface area (Å²) in [4.78, 5) is 18.9. The predicted molar refractivity (Wildman–Crippen MR) is 86.3 cm³/mol. The van der Waals surface area contributed by atoms with E-state index in [0.29, 0.717) is 17.9 Å². The number of amides is 1. The molecule has 0 aromatic carbocycles. The topological polar surface area (TPSA) is 45.2 Å². The van der Waals surface area contributed by atoms with E-state index >= 15 is 0 Å². The van der Waals surface area contributed by atoms with Gasteiger partial charge >= 0.3 is 0 Å². The van der Waals surface area contributed by atoms with Crippen LogP contribution in [0, 0.1) is 6.92 Å². The van der Waals surface area contributed by atoms with Crippen molar-refractivity contribution in [2.75, 3.05) is 19.4 Å². The lowest BCUT2D eigenvalue weighted by Crippen LogP contribution is -2.21. The first-order chi connectivity index (χ1) is 9.47. The molecule has 0 saturated carbocycles. The van der Waals surface area contributed by atoms with Crippen LogP contribution in [0.1, 0.15) is 20.8 Å². The molecule has 0 aliphatic heterocycles. The first-order valence-electron chi connectivity index (χ1n) is 6.14. The number of halogens is 1. The molecule has 6 heteroatoms. The minimum absolute atomic E-state index is 0.0230. The summed E-state index contributed by atoms with van der Waals surface area (Å²) in [5, 5.41) is 3.24. The monoisotopic (exact) mass is 353 g/mol. The van der Waals surface area contributed by atoms with E-state index in [2.05, 4.69) is 39.2 Å². The third-order valence-corrected chi connectivity index (χ3v) is 4.90. The molecule has 4 nitrogen and oxygen atoms in total. The Labute approximate surface area is 131 Å². The minimum atomic E-state index is -0.0230. The fourth-order valence-electron chi connectivity index (χ4n) is 1.71. The van der Waals surface area contributed by atoms with Crippen LogP contribution in [0.3, 0.4) is 0 Å². The zero-order valence-electron chi connectivity index (χ0n) is 11.6. The molecule has 0 unspecified atom stereocenters. The lowest BCUT2D eigenvalue weighted by molar-refractivity contribution is 0.0827. The van der Waals surface area contributed by atoms with Gasteiger partial charge in [-0.2, -0.15) is 0 Å². The number of hydrogen-bond acceptors (Lipinski definition) is 4. The molecule has 20 heavy (non-hydrogen) atoms. The number of aryl methyl sites for hydroxylation is 1. The van der Waals surface area contributed by atoms with Crippen molar-refractivity contribution in [1.82, 2.24) is 9.88 Å². The zero-order chi connectivity index (χ0) is 14.7. The third-order valence-electron chi connectivity index (χ3n) is 2.77. The maximum absolute atomic E-state index is 11.9. The minimum Gasteiger partial charge on any atom is -0.365 e. The van der Waals surface area contributed by atoms with Gasteiger partial charge in [0.1, 0.15) is 5.82 Å². The van der Waals surface area contributed by atoms with Crippen LogP contribution in [0.15, 0.2) is 28.2 Å². The van der Waals surface area contributed by atoms with Gasteiger partial charge < -0.3 is 10.2 Å². The number of aromatic nitrogens is 1. The van der Waals surface area contributed by atoms with E-state index in [4.69, 9.17) is 0 Å². The molecule has 106 valence electrons. The van der Waals surface area contributed by atoms with Crippen LogP contribution in [-0.4, -0.2) is 29.9 Å². The summed E-state index contributed by atoms with van der Waals surface area (Å²) in [6.07, 6.45) is 1.65. The zero-order valence-corrected chi connectivity index (χ0v) is 14.0. The van der Waals surface area contributed by atoms with E-state index in [1.807, 2.05) is 0 Å². The van der Waals surface area contributed by atoms with Crippen LogP contribution >= 0.6 is 27.3 Å². The Kier molecular flexibility index (Phi) is 4.77. The van der Waals surface area contributed by atoms with Gasteiger partial charge in [0.15, 0.2) is 0 Å². The van der Waals surface area contributed by atoms with E-state index < -0.39 is 0 Å². The highest BCUT2D eigenvalue weighted by Gasteiger charge is 2.09. The number of carbonyl (C=O) groups excluding carboxylic acids is 1. The summed E-state index contributed by atoms with van der Waals surface area (Å²) in [6, 6.07) is 5.63. The molecule has 0 saturated heterocycles. The number of rotatable bonds is 4. The molecule has 0 aliphatic rings. The number of anilines is 1. The second kappa shape index (κ2) is 6.37. The lowest BCUT2D eigenvalue weighted by Gasteiger charge is -2.11. The van der Waals surface area contributed by atoms with Gasteiger partial charge in [-0.05, 0) is 46.6 Å². The third kappa shape index (κ3) is 3.58. The fraction of sp³-hybridized carbons (Fsp3) is 0.286. The Hall–Kier alpha value is -1.40. The largest absolute Gasteiger partial charge is 0.365 e. The highest BCUT2D eigenvalue weighted by molar-refractivity contribution is 9.11. The molecule has 0 atom stereocenters. The predicted octanol–water partition coefficient (Wildman–Crippen LogP) is 3.53. The smallest absolute Gasteiger partial charge is 0.253 e. The summed E-state index contributed by atoms with van der Waals surface area (Å²) in [7, 11) is 3.48. The molecule has 2 heterocycles. The van der Waals surface area contributed by atoms with Gasteiger partial charge in [-0.3, -0.25) is 4.79 Å². The SMILES string of the molecule is Cc1cc(CNc2cc(C(=O)N(C)C)ccn2)sc1Br. The molecule has 2 aromatic rings. The summed E-state index contributed by atoms with van der Waals surface area (Å²) >= 11 is 5.21. The molecule has 2 rings (SSSR count). The van der Waals surface area contributed by atoms with E-state index in [-0.39, 0.29) is 5.91 Å². The van der Waals surface area contributed by atoms with Crippen molar-refractivity contribution in [3.05, 3.63) is 44.2 Å². The highest BCUT2D eigenvalue weighted by atomic mass is 79.9. The molecule has 0 radical (unpaired) electrons.